The number of rotatable bonds is 7. The third-order valence-corrected chi connectivity index (χ3v) is 3.68. The number of carbonyl (C=O) groups excluding carboxylic acids is 2. The third-order valence-electron chi connectivity index (χ3n) is 2.78. The molecule has 0 spiro atoms. The standard InChI is InChI=1S/C13H20F5NO7S/c1-11(2,3)26-10(21)19(4)7-5-6-8(20)25-9(12(14,15)16)13(17,18)27(22,23)24/h9H,5-7H2,1-4H3,(H,22,23,24). The van der Waals surface area contributed by atoms with E-state index in [1.54, 1.807) is 20.8 Å². The van der Waals surface area contributed by atoms with Crippen LogP contribution in [-0.4, -0.2) is 66.7 Å². The number of hydrogen-bond acceptors (Lipinski definition) is 6. The van der Waals surface area contributed by atoms with Gasteiger partial charge in [0, 0.05) is 20.0 Å². The van der Waals surface area contributed by atoms with Gasteiger partial charge < -0.3 is 14.4 Å². The highest BCUT2D eigenvalue weighted by Crippen LogP contribution is 2.38. The second-order valence-electron chi connectivity index (χ2n) is 6.45. The summed E-state index contributed by atoms with van der Waals surface area (Å²) in [7, 11) is -5.22. The van der Waals surface area contributed by atoms with Crippen LogP contribution in [-0.2, 0) is 24.4 Å². The number of amides is 1. The van der Waals surface area contributed by atoms with Crippen molar-refractivity contribution in [1.82, 2.24) is 4.90 Å². The van der Waals surface area contributed by atoms with Gasteiger partial charge in [0.15, 0.2) is 0 Å². The summed E-state index contributed by atoms with van der Waals surface area (Å²) < 4.78 is 102. The maximum absolute atomic E-state index is 13.3. The minimum Gasteiger partial charge on any atom is -0.445 e. The van der Waals surface area contributed by atoms with Crippen molar-refractivity contribution in [1.29, 1.82) is 0 Å². The van der Waals surface area contributed by atoms with Gasteiger partial charge >= 0.3 is 33.6 Å². The molecule has 0 aliphatic heterocycles. The fraction of sp³-hybridized carbons (Fsp3) is 0.846. The highest BCUT2D eigenvalue weighted by molar-refractivity contribution is 7.86. The van der Waals surface area contributed by atoms with E-state index in [0.717, 1.165) is 4.90 Å². The molecular weight excluding hydrogens is 409 g/mol. The van der Waals surface area contributed by atoms with Crippen molar-refractivity contribution in [2.75, 3.05) is 13.6 Å². The van der Waals surface area contributed by atoms with E-state index >= 15 is 0 Å². The van der Waals surface area contributed by atoms with Crippen LogP contribution < -0.4 is 0 Å². The molecule has 8 nitrogen and oxygen atoms in total. The number of halogens is 5. The van der Waals surface area contributed by atoms with E-state index in [9.17, 15) is 40.0 Å². The van der Waals surface area contributed by atoms with Crippen LogP contribution in [0, 0.1) is 0 Å². The van der Waals surface area contributed by atoms with E-state index in [2.05, 4.69) is 4.74 Å². The Balaban J connectivity index is 4.85. The van der Waals surface area contributed by atoms with Crippen LogP contribution in [0.4, 0.5) is 26.7 Å². The molecule has 0 fully saturated rings. The van der Waals surface area contributed by atoms with Crippen LogP contribution in [0.2, 0.25) is 0 Å². The van der Waals surface area contributed by atoms with E-state index in [1.165, 1.54) is 7.05 Å². The Morgan fingerprint density at radius 1 is 1.11 bits per heavy atom. The molecule has 1 amide bonds. The van der Waals surface area contributed by atoms with E-state index in [0.29, 0.717) is 0 Å². The Labute approximate surface area is 152 Å². The van der Waals surface area contributed by atoms with E-state index in [4.69, 9.17) is 9.29 Å². The minimum absolute atomic E-state index is 0.185. The first-order valence-corrected chi connectivity index (χ1v) is 8.78. The number of ether oxygens (including phenoxy) is 2. The van der Waals surface area contributed by atoms with Crippen molar-refractivity contribution in [3.8, 4) is 0 Å². The first-order valence-electron chi connectivity index (χ1n) is 7.34. The van der Waals surface area contributed by atoms with Gasteiger partial charge in [0.1, 0.15) is 5.60 Å². The lowest BCUT2D eigenvalue weighted by atomic mass is 10.2. The van der Waals surface area contributed by atoms with Crippen molar-refractivity contribution >= 4 is 22.2 Å². The SMILES string of the molecule is CN(CCCC(=O)OC(C(F)(F)F)C(F)(F)S(=O)(=O)O)C(=O)OC(C)(C)C. The van der Waals surface area contributed by atoms with Crippen LogP contribution in [0.5, 0.6) is 0 Å². The Hall–Kier alpha value is -1.70. The average molecular weight is 429 g/mol. The highest BCUT2D eigenvalue weighted by atomic mass is 32.2. The molecule has 27 heavy (non-hydrogen) atoms. The Morgan fingerprint density at radius 3 is 1.96 bits per heavy atom. The van der Waals surface area contributed by atoms with E-state index in [1.807, 2.05) is 0 Å². The summed E-state index contributed by atoms with van der Waals surface area (Å²) in [5.74, 6) is -1.79. The first-order chi connectivity index (χ1) is 11.8. The minimum atomic E-state index is -6.49. The van der Waals surface area contributed by atoms with Crippen LogP contribution in [0.15, 0.2) is 0 Å². The van der Waals surface area contributed by atoms with Gasteiger partial charge in [-0.3, -0.25) is 9.35 Å². The molecule has 1 unspecified atom stereocenters. The first kappa shape index (κ1) is 25.3. The summed E-state index contributed by atoms with van der Waals surface area (Å²) in [6.07, 6.45) is -12.2. The van der Waals surface area contributed by atoms with Gasteiger partial charge in [-0.1, -0.05) is 0 Å². The van der Waals surface area contributed by atoms with Crippen molar-refractivity contribution in [3.05, 3.63) is 0 Å². The van der Waals surface area contributed by atoms with Gasteiger partial charge in [-0.05, 0) is 27.2 Å². The molecule has 0 aromatic carbocycles. The zero-order chi connectivity index (χ0) is 21.8. The van der Waals surface area contributed by atoms with Gasteiger partial charge in [0.05, 0.1) is 0 Å². The zero-order valence-electron chi connectivity index (χ0n) is 14.8. The second-order valence-corrected chi connectivity index (χ2v) is 7.95. The van der Waals surface area contributed by atoms with E-state index in [-0.39, 0.29) is 13.0 Å². The Kier molecular flexibility index (Phi) is 8.00. The quantitative estimate of drug-likeness (QED) is 0.376. The summed E-state index contributed by atoms with van der Waals surface area (Å²) in [5.41, 5.74) is -0.814. The largest absolute Gasteiger partial charge is 0.445 e. The second kappa shape index (κ2) is 8.54. The third kappa shape index (κ3) is 8.24. The molecule has 1 atom stereocenters. The maximum Gasteiger partial charge on any atom is 0.432 e. The molecular formula is C13H20F5NO7S. The summed E-state index contributed by atoms with van der Waals surface area (Å²) in [5, 5.41) is -5.78. The molecule has 0 bridgehead atoms. The molecule has 0 saturated carbocycles. The van der Waals surface area contributed by atoms with Gasteiger partial charge in [0.25, 0.3) is 6.10 Å². The normalized spacial score (nSPS) is 14.4. The van der Waals surface area contributed by atoms with Crippen LogP contribution >= 0.6 is 0 Å². The van der Waals surface area contributed by atoms with Crippen molar-refractivity contribution < 1.29 is 54.0 Å². The van der Waals surface area contributed by atoms with Gasteiger partial charge in [-0.25, -0.2) is 4.79 Å². The topological polar surface area (TPSA) is 110 Å². The molecule has 0 heterocycles. The molecule has 0 saturated heterocycles. The van der Waals surface area contributed by atoms with Crippen molar-refractivity contribution in [2.24, 2.45) is 0 Å². The Bertz CT molecular complexity index is 642. The molecule has 0 rings (SSSR count). The van der Waals surface area contributed by atoms with Crippen molar-refractivity contribution in [2.45, 2.75) is 56.7 Å². The molecule has 160 valence electrons. The number of carbonyl (C=O) groups is 2. The molecule has 0 aliphatic carbocycles. The maximum atomic E-state index is 13.3. The summed E-state index contributed by atoms with van der Waals surface area (Å²) in [4.78, 5) is 24.0. The predicted octanol–water partition coefficient (Wildman–Crippen LogP) is 2.59. The summed E-state index contributed by atoms with van der Waals surface area (Å²) in [6, 6.07) is 0. The van der Waals surface area contributed by atoms with Crippen LogP contribution in [0.25, 0.3) is 0 Å². The fourth-order valence-corrected chi connectivity index (χ4v) is 2.00. The predicted molar refractivity (Wildman–Crippen MR) is 80.5 cm³/mol. The number of hydrogen-bond donors (Lipinski definition) is 1. The fourth-order valence-electron chi connectivity index (χ4n) is 1.54. The summed E-state index contributed by atoms with van der Waals surface area (Å²) in [6.45, 7) is 4.57. The molecule has 0 aromatic heterocycles. The van der Waals surface area contributed by atoms with Crippen LogP contribution in [0.1, 0.15) is 33.6 Å². The lowest BCUT2D eigenvalue weighted by Crippen LogP contribution is -2.52. The van der Waals surface area contributed by atoms with Crippen molar-refractivity contribution in [3.63, 3.8) is 0 Å². The number of esters is 1. The lowest BCUT2D eigenvalue weighted by molar-refractivity contribution is -0.259. The van der Waals surface area contributed by atoms with Gasteiger partial charge in [-0.15, -0.1) is 0 Å². The molecule has 0 aromatic rings. The zero-order valence-corrected chi connectivity index (χ0v) is 15.7. The molecule has 0 radical (unpaired) electrons. The molecule has 1 N–H and O–H groups in total. The summed E-state index contributed by atoms with van der Waals surface area (Å²) >= 11 is 0. The molecule has 0 aliphatic rings. The molecule has 14 heteroatoms. The van der Waals surface area contributed by atoms with Gasteiger partial charge in [0.2, 0.25) is 0 Å². The van der Waals surface area contributed by atoms with Gasteiger partial charge in [-0.2, -0.15) is 30.4 Å². The number of nitrogens with zero attached hydrogens (tertiary/aromatic N) is 1. The average Bonchev–Trinajstić information content (AvgIpc) is 2.40. The van der Waals surface area contributed by atoms with E-state index < -0.39 is 51.7 Å². The van der Waals surface area contributed by atoms with Crippen LogP contribution in [0.3, 0.4) is 0 Å². The lowest BCUT2D eigenvalue weighted by Gasteiger charge is -2.26. The number of alkyl halides is 5. The Morgan fingerprint density at radius 2 is 1.59 bits per heavy atom. The smallest absolute Gasteiger partial charge is 0.432 e. The monoisotopic (exact) mass is 429 g/mol. The highest BCUT2D eigenvalue weighted by Gasteiger charge is 2.65.